The Morgan fingerprint density at radius 3 is 2.61 bits per heavy atom. The lowest BCUT2D eigenvalue weighted by atomic mass is 10.1. The van der Waals surface area contributed by atoms with Crippen LogP contribution < -0.4 is 0 Å². The van der Waals surface area contributed by atoms with Crippen LogP contribution in [0.1, 0.15) is 15.9 Å². The Morgan fingerprint density at radius 1 is 1.26 bits per heavy atom. The fraction of sp³-hybridized carbons (Fsp3) is 0.188. The van der Waals surface area contributed by atoms with Crippen molar-refractivity contribution in [1.82, 2.24) is 0 Å². The maximum atomic E-state index is 12.0. The van der Waals surface area contributed by atoms with Crippen LogP contribution in [-0.2, 0) is 4.74 Å². The molecule has 0 fully saturated rings. The van der Waals surface area contributed by atoms with Crippen molar-refractivity contribution in [2.75, 3.05) is 12.4 Å². The van der Waals surface area contributed by atoms with Crippen molar-refractivity contribution < 1.29 is 14.5 Å². The molecule has 0 aromatic heterocycles. The summed E-state index contributed by atoms with van der Waals surface area (Å²) in [5.41, 5.74) is 0.203. The SMILES string of the molecule is Cc1cccc(C(=O)OCCSc2ccc(Cl)cc2)c1[N+](=O)[O-]. The number of ether oxygens (including phenoxy) is 1. The minimum absolute atomic E-state index is 0.0218. The number of aryl methyl sites for hydroxylation is 1. The van der Waals surface area contributed by atoms with Crippen molar-refractivity contribution in [2.45, 2.75) is 11.8 Å². The van der Waals surface area contributed by atoms with Crippen LogP contribution >= 0.6 is 23.4 Å². The first-order valence-corrected chi connectivity index (χ1v) is 8.15. The third-order valence-electron chi connectivity index (χ3n) is 3.04. The molecule has 0 aliphatic heterocycles. The number of esters is 1. The van der Waals surface area contributed by atoms with Crippen LogP contribution in [0.5, 0.6) is 0 Å². The number of thioether (sulfide) groups is 1. The largest absolute Gasteiger partial charge is 0.461 e. The number of carbonyl (C=O) groups is 1. The number of nitro benzene ring substituents is 1. The highest BCUT2D eigenvalue weighted by molar-refractivity contribution is 7.99. The highest BCUT2D eigenvalue weighted by Crippen LogP contribution is 2.24. The second kappa shape index (κ2) is 7.99. The topological polar surface area (TPSA) is 69.4 Å². The number of nitro groups is 1. The van der Waals surface area contributed by atoms with E-state index in [2.05, 4.69) is 0 Å². The molecule has 0 atom stereocenters. The van der Waals surface area contributed by atoms with Crippen molar-refractivity contribution in [3.05, 3.63) is 68.7 Å². The average Bonchev–Trinajstić information content (AvgIpc) is 2.52. The number of rotatable bonds is 6. The minimum atomic E-state index is -0.683. The highest BCUT2D eigenvalue weighted by atomic mass is 35.5. The third kappa shape index (κ3) is 4.71. The van der Waals surface area contributed by atoms with Crippen molar-refractivity contribution in [2.24, 2.45) is 0 Å². The van der Waals surface area contributed by atoms with Gasteiger partial charge in [-0.2, -0.15) is 0 Å². The Morgan fingerprint density at radius 2 is 1.96 bits per heavy atom. The van der Waals surface area contributed by atoms with Gasteiger partial charge < -0.3 is 4.74 Å². The molecule has 0 aliphatic rings. The monoisotopic (exact) mass is 351 g/mol. The van der Waals surface area contributed by atoms with Gasteiger partial charge in [0.15, 0.2) is 0 Å². The zero-order valence-corrected chi connectivity index (χ0v) is 13.9. The summed E-state index contributed by atoms with van der Waals surface area (Å²) < 4.78 is 5.13. The van der Waals surface area contributed by atoms with Crippen molar-refractivity contribution >= 4 is 35.0 Å². The molecular formula is C16H14ClNO4S. The smallest absolute Gasteiger partial charge is 0.345 e. The summed E-state index contributed by atoms with van der Waals surface area (Å²) in [6.07, 6.45) is 0. The molecule has 2 aromatic rings. The van der Waals surface area contributed by atoms with Crippen molar-refractivity contribution in [1.29, 1.82) is 0 Å². The predicted molar refractivity (Wildman–Crippen MR) is 90.3 cm³/mol. The molecule has 5 nitrogen and oxygen atoms in total. The molecule has 2 aromatic carbocycles. The Balaban J connectivity index is 1.91. The molecule has 0 heterocycles. The summed E-state index contributed by atoms with van der Waals surface area (Å²) in [5.74, 6) is -0.135. The van der Waals surface area contributed by atoms with E-state index >= 15 is 0 Å². The Hall–Kier alpha value is -2.05. The van der Waals surface area contributed by atoms with Gasteiger partial charge in [-0.3, -0.25) is 10.1 Å². The molecule has 7 heteroatoms. The van der Waals surface area contributed by atoms with Crippen LogP contribution in [0.15, 0.2) is 47.4 Å². The fourth-order valence-electron chi connectivity index (χ4n) is 1.97. The van der Waals surface area contributed by atoms with E-state index in [0.717, 1.165) is 4.90 Å². The quantitative estimate of drug-likeness (QED) is 0.252. The van der Waals surface area contributed by atoms with Crippen LogP contribution in [0.4, 0.5) is 5.69 Å². The number of benzene rings is 2. The Labute approximate surface area is 142 Å². The van der Waals surface area contributed by atoms with E-state index in [-0.39, 0.29) is 17.9 Å². The minimum Gasteiger partial charge on any atom is -0.461 e. The first kappa shape index (κ1) is 17.3. The van der Waals surface area contributed by atoms with Gasteiger partial charge in [0.25, 0.3) is 5.69 Å². The molecule has 0 saturated carbocycles. The van der Waals surface area contributed by atoms with Gasteiger partial charge in [-0.05, 0) is 37.3 Å². The lowest BCUT2D eigenvalue weighted by Gasteiger charge is -2.07. The van der Waals surface area contributed by atoms with E-state index < -0.39 is 10.9 Å². The van der Waals surface area contributed by atoms with Gasteiger partial charge in [0.05, 0.1) is 4.92 Å². The van der Waals surface area contributed by atoms with E-state index in [1.165, 1.54) is 17.8 Å². The van der Waals surface area contributed by atoms with Gasteiger partial charge in [0, 0.05) is 21.2 Å². The predicted octanol–water partition coefficient (Wildman–Crippen LogP) is 4.51. The fourth-order valence-corrected chi connectivity index (χ4v) is 2.83. The maximum absolute atomic E-state index is 12.0. The number of nitrogens with zero attached hydrogens (tertiary/aromatic N) is 1. The van der Waals surface area contributed by atoms with E-state index in [9.17, 15) is 14.9 Å². The molecule has 120 valence electrons. The molecule has 0 spiro atoms. The molecule has 0 N–H and O–H groups in total. The number of hydrogen-bond donors (Lipinski definition) is 0. The van der Waals surface area contributed by atoms with Crippen LogP contribution in [0.25, 0.3) is 0 Å². The van der Waals surface area contributed by atoms with Crippen LogP contribution in [-0.4, -0.2) is 23.3 Å². The van der Waals surface area contributed by atoms with Crippen LogP contribution in [0, 0.1) is 17.0 Å². The molecule has 0 radical (unpaired) electrons. The van der Waals surface area contributed by atoms with E-state index in [4.69, 9.17) is 16.3 Å². The third-order valence-corrected chi connectivity index (χ3v) is 4.27. The summed E-state index contributed by atoms with van der Waals surface area (Å²) >= 11 is 7.31. The highest BCUT2D eigenvalue weighted by Gasteiger charge is 2.23. The molecule has 0 aliphatic carbocycles. The van der Waals surface area contributed by atoms with E-state index in [0.29, 0.717) is 16.3 Å². The van der Waals surface area contributed by atoms with Gasteiger partial charge in [0.1, 0.15) is 12.2 Å². The van der Waals surface area contributed by atoms with Gasteiger partial charge in [0.2, 0.25) is 0 Å². The number of halogens is 1. The summed E-state index contributed by atoms with van der Waals surface area (Å²) in [6.45, 7) is 1.75. The lowest BCUT2D eigenvalue weighted by Crippen LogP contribution is -2.11. The summed E-state index contributed by atoms with van der Waals surface area (Å²) in [6, 6.07) is 11.9. The molecule has 23 heavy (non-hydrogen) atoms. The van der Waals surface area contributed by atoms with Crippen LogP contribution in [0.3, 0.4) is 0 Å². The first-order valence-electron chi connectivity index (χ1n) is 6.78. The second-order valence-electron chi connectivity index (χ2n) is 4.67. The molecule has 0 unspecified atom stereocenters. The van der Waals surface area contributed by atoms with Crippen molar-refractivity contribution in [3.8, 4) is 0 Å². The number of para-hydroxylation sites is 1. The van der Waals surface area contributed by atoms with Crippen LogP contribution in [0.2, 0.25) is 5.02 Å². The van der Waals surface area contributed by atoms with Crippen molar-refractivity contribution in [3.63, 3.8) is 0 Å². The summed E-state index contributed by atoms with van der Waals surface area (Å²) in [5, 5.41) is 11.7. The number of hydrogen-bond acceptors (Lipinski definition) is 5. The Bertz CT molecular complexity index is 719. The molecule has 2 rings (SSSR count). The zero-order chi connectivity index (χ0) is 16.8. The Kier molecular flexibility index (Phi) is 6.01. The van der Waals surface area contributed by atoms with Gasteiger partial charge in [-0.25, -0.2) is 4.79 Å². The van der Waals surface area contributed by atoms with Gasteiger partial charge in [-0.1, -0.05) is 23.7 Å². The number of carbonyl (C=O) groups excluding carboxylic acids is 1. The van der Waals surface area contributed by atoms with Gasteiger partial charge >= 0.3 is 5.97 Å². The standard InChI is InChI=1S/C16H14ClNO4S/c1-11-3-2-4-14(15(11)18(20)21)16(19)22-9-10-23-13-7-5-12(17)6-8-13/h2-8H,9-10H2,1H3. The van der Waals surface area contributed by atoms with Gasteiger partial charge in [-0.15, -0.1) is 11.8 Å². The molecule has 0 saturated heterocycles. The summed E-state index contributed by atoms with van der Waals surface area (Å²) in [7, 11) is 0. The molecule has 0 bridgehead atoms. The molecular weight excluding hydrogens is 338 g/mol. The zero-order valence-electron chi connectivity index (χ0n) is 12.3. The maximum Gasteiger partial charge on any atom is 0.345 e. The summed E-state index contributed by atoms with van der Waals surface area (Å²) in [4.78, 5) is 23.5. The second-order valence-corrected chi connectivity index (χ2v) is 6.27. The normalized spacial score (nSPS) is 10.3. The molecule has 0 amide bonds. The van der Waals surface area contributed by atoms with E-state index in [1.54, 1.807) is 31.2 Å². The lowest BCUT2D eigenvalue weighted by molar-refractivity contribution is -0.385. The van der Waals surface area contributed by atoms with E-state index in [1.807, 2.05) is 12.1 Å². The average molecular weight is 352 g/mol. The first-order chi connectivity index (χ1) is 11.0.